The molecule has 0 spiro atoms. The van der Waals surface area contributed by atoms with Gasteiger partial charge in [-0.1, -0.05) is 0 Å². The summed E-state index contributed by atoms with van der Waals surface area (Å²) < 4.78 is 6.50. The van der Waals surface area contributed by atoms with E-state index < -0.39 is 6.10 Å². The maximum Gasteiger partial charge on any atom is 0.305 e. The summed E-state index contributed by atoms with van der Waals surface area (Å²) in [5.41, 5.74) is 0.708. The van der Waals surface area contributed by atoms with Crippen LogP contribution in [0.4, 0.5) is 0 Å². The fourth-order valence-electron chi connectivity index (χ4n) is 1.32. The molecule has 0 saturated heterocycles. The fourth-order valence-corrected chi connectivity index (χ4v) is 1.32. The molecule has 0 aliphatic heterocycles. The average molecular weight is 212 g/mol. The van der Waals surface area contributed by atoms with E-state index in [0.29, 0.717) is 18.7 Å². The molecule has 1 aromatic rings. The van der Waals surface area contributed by atoms with Crippen LogP contribution in [0.2, 0.25) is 0 Å². The van der Waals surface area contributed by atoms with E-state index in [1.807, 2.05) is 0 Å². The monoisotopic (exact) mass is 212 g/mol. The maximum atomic E-state index is 11.0. The van der Waals surface area contributed by atoms with Gasteiger partial charge in [0, 0.05) is 13.5 Å². The van der Waals surface area contributed by atoms with Gasteiger partial charge in [0.2, 0.25) is 0 Å². The van der Waals surface area contributed by atoms with Gasteiger partial charge in [-0.25, -0.2) is 4.98 Å². The van der Waals surface area contributed by atoms with Crippen LogP contribution in [-0.2, 0) is 16.6 Å². The number of aromatic nitrogens is 2. The first kappa shape index (κ1) is 11.7. The minimum absolute atomic E-state index is 0.222. The van der Waals surface area contributed by atoms with Crippen molar-refractivity contribution < 1.29 is 14.6 Å². The van der Waals surface area contributed by atoms with Crippen molar-refractivity contribution in [2.75, 3.05) is 6.61 Å². The van der Waals surface area contributed by atoms with Crippen molar-refractivity contribution in [3.05, 3.63) is 18.2 Å². The summed E-state index contributed by atoms with van der Waals surface area (Å²) in [7, 11) is 1.80. The summed E-state index contributed by atoms with van der Waals surface area (Å²) in [5, 5.41) is 9.74. The molecule has 0 radical (unpaired) electrons. The lowest BCUT2D eigenvalue weighted by Gasteiger charge is -2.10. The third kappa shape index (κ3) is 3.36. The minimum Gasteiger partial charge on any atom is -0.466 e. The molecule has 15 heavy (non-hydrogen) atoms. The molecule has 0 aromatic carbocycles. The van der Waals surface area contributed by atoms with E-state index in [1.165, 1.54) is 0 Å². The predicted molar refractivity (Wildman–Crippen MR) is 54.0 cm³/mol. The van der Waals surface area contributed by atoms with E-state index in [9.17, 15) is 9.90 Å². The number of nitrogens with zero attached hydrogens (tertiary/aromatic N) is 2. The van der Waals surface area contributed by atoms with Gasteiger partial charge in [0.05, 0.1) is 30.9 Å². The summed E-state index contributed by atoms with van der Waals surface area (Å²) in [6.07, 6.45) is 3.12. The Hall–Kier alpha value is -1.36. The molecule has 0 aliphatic rings. The van der Waals surface area contributed by atoms with Gasteiger partial charge in [0.15, 0.2) is 0 Å². The summed E-state index contributed by atoms with van der Waals surface area (Å²) in [5.74, 6) is -0.279. The van der Waals surface area contributed by atoms with Crippen molar-refractivity contribution in [1.29, 1.82) is 0 Å². The molecule has 1 rings (SSSR count). The highest BCUT2D eigenvalue weighted by molar-refractivity contribution is 5.69. The lowest BCUT2D eigenvalue weighted by molar-refractivity contribution is -0.143. The van der Waals surface area contributed by atoms with Crippen molar-refractivity contribution >= 4 is 5.97 Å². The standard InChI is InChI=1S/C10H16N2O3/c1-3-15-10(14)5-4-9(13)8-6-11-7-12(8)2/h6-7,9,13H,3-5H2,1-2H3. The molecular formula is C10H16N2O3. The van der Waals surface area contributed by atoms with Crippen molar-refractivity contribution in [3.8, 4) is 0 Å². The molecule has 0 fully saturated rings. The molecule has 0 bridgehead atoms. The molecule has 5 heteroatoms. The molecule has 1 aromatic heterocycles. The van der Waals surface area contributed by atoms with E-state index in [0.717, 1.165) is 0 Å². The number of carbonyl (C=O) groups is 1. The van der Waals surface area contributed by atoms with Gasteiger partial charge in [-0.2, -0.15) is 0 Å². The second-order valence-electron chi connectivity index (χ2n) is 3.29. The lowest BCUT2D eigenvalue weighted by atomic mass is 10.1. The Kier molecular flexibility index (Phi) is 4.30. The quantitative estimate of drug-likeness (QED) is 0.733. The van der Waals surface area contributed by atoms with Crippen LogP contribution in [-0.4, -0.2) is 27.2 Å². The number of carbonyl (C=O) groups excluding carboxylic acids is 1. The van der Waals surface area contributed by atoms with Crippen LogP contribution in [0.25, 0.3) is 0 Å². The summed E-state index contributed by atoms with van der Waals surface area (Å²) in [4.78, 5) is 14.9. The molecule has 84 valence electrons. The van der Waals surface area contributed by atoms with E-state index in [1.54, 1.807) is 31.1 Å². The highest BCUT2D eigenvalue weighted by Crippen LogP contribution is 2.17. The second-order valence-corrected chi connectivity index (χ2v) is 3.29. The molecule has 0 aliphatic carbocycles. The third-order valence-electron chi connectivity index (χ3n) is 2.12. The van der Waals surface area contributed by atoms with Crippen LogP contribution in [0.3, 0.4) is 0 Å². The first-order chi connectivity index (χ1) is 7.15. The van der Waals surface area contributed by atoms with Gasteiger partial charge in [-0.3, -0.25) is 4.79 Å². The SMILES string of the molecule is CCOC(=O)CCC(O)c1cncn1C. The van der Waals surface area contributed by atoms with Crippen LogP contribution in [0.15, 0.2) is 12.5 Å². The smallest absolute Gasteiger partial charge is 0.305 e. The molecule has 1 heterocycles. The second kappa shape index (κ2) is 5.50. The van der Waals surface area contributed by atoms with Gasteiger partial charge in [0.25, 0.3) is 0 Å². The zero-order valence-electron chi connectivity index (χ0n) is 9.01. The van der Waals surface area contributed by atoms with Gasteiger partial charge in [-0.15, -0.1) is 0 Å². The number of esters is 1. The molecule has 5 nitrogen and oxygen atoms in total. The maximum absolute atomic E-state index is 11.0. The van der Waals surface area contributed by atoms with Gasteiger partial charge < -0.3 is 14.4 Å². The van der Waals surface area contributed by atoms with Crippen LogP contribution >= 0.6 is 0 Å². The number of imidazole rings is 1. The third-order valence-corrected chi connectivity index (χ3v) is 2.12. The summed E-state index contributed by atoms with van der Waals surface area (Å²) in [6.45, 7) is 2.14. The van der Waals surface area contributed by atoms with E-state index >= 15 is 0 Å². The Morgan fingerprint density at radius 1 is 1.73 bits per heavy atom. The average Bonchev–Trinajstić information content (AvgIpc) is 2.61. The highest BCUT2D eigenvalue weighted by Gasteiger charge is 2.13. The Morgan fingerprint density at radius 2 is 2.47 bits per heavy atom. The zero-order chi connectivity index (χ0) is 11.3. The van der Waals surface area contributed by atoms with Crippen LogP contribution in [0.1, 0.15) is 31.6 Å². The number of aryl methyl sites for hydroxylation is 1. The molecule has 0 saturated carbocycles. The van der Waals surface area contributed by atoms with Crippen LogP contribution < -0.4 is 0 Å². The summed E-state index contributed by atoms with van der Waals surface area (Å²) >= 11 is 0. The van der Waals surface area contributed by atoms with Crippen LogP contribution in [0.5, 0.6) is 0 Å². The van der Waals surface area contributed by atoms with Crippen molar-refractivity contribution in [2.24, 2.45) is 7.05 Å². The largest absolute Gasteiger partial charge is 0.466 e. The first-order valence-electron chi connectivity index (χ1n) is 4.95. The Balaban J connectivity index is 2.40. The summed E-state index contributed by atoms with van der Waals surface area (Å²) in [6, 6.07) is 0. The molecule has 1 atom stereocenters. The molecule has 1 N–H and O–H groups in total. The number of ether oxygens (including phenoxy) is 1. The normalized spacial score (nSPS) is 12.5. The number of aliphatic hydroxyl groups excluding tert-OH is 1. The minimum atomic E-state index is -0.665. The predicted octanol–water partition coefficient (Wildman–Crippen LogP) is 0.797. The molecule has 1 unspecified atom stereocenters. The highest BCUT2D eigenvalue weighted by atomic mass is 16.5. The van der Waals surface area contributed by atoms with Gasteiger partial charge >= 0.3 is 5.97 Å². The van der Waals surface area contributed by atoms with Gasteiger partial charge in [0.1, 0.15) is 0 Å². The van der Waals surface area contributed by atoms with E-state index in [2.05, 4.69) is 4.98 Å². The number of hydrogen-bond donors (Lipinski definition) is 1. The van der Waals surface area contributed by atoms with E-state index in [4.69, 9.17) is 4.74 Å². The Morgan fingerprint density at radius 3 is 3.00 bits per heavy atom. The lowest BCUT2D eigenvalue weighted by Crippen LogP contribution is -2.09. The molecule has 0 amide bonds. The number of aliphatic hydroxyl groups is 1. The Labute approximate surface area is 88.7 Å². The number of rotatable bonds is 5. The van der Waals surface area contributed by atoms with Gasteiger partial charge in [-0.05, 0) is 13.3 Å². The van der Waals surface area contributed by atoms with Crippen molar-refractivity contribution in [1.82, 2.24) is 9.55 Å². The molecular weight excluding hydrogens is 196 g/mol. The fraction of sp³-hybridized carbons (Fsp3) is 0.600. The van der Waals surface area contributed by atoms with Crippen molar-refractivity contribution in [3.63, 3.8) is 0 Å². The topological polar surface area (TPSA) is 64.3 Å². The number of hydrogen-bond acceptors (Lipinski definition) is 4. The van der Waals surface area contributed by atoms with E-state index in [-0.39, 0.29) is 12.4 Å². The first-order valence-corrected chi connectivity index (χ1v) is 4.95. The van der Waals surface area contributed by atoms with Crippen LogP contribution in [0, 0.1) is 0 Å². The zero-order valence-corrected chi connectivity index (χ0v) is 9.01. The van der Waals surface area contributed by atoms with Crippen molar-refractivity contribution in [2.45, 2.75) is 25.9 Å². The Bertz CT molecular complexity index is 322.